The van der Waals surface area contributed by atoms with Crippen molar-refractivity contribution in [2.75, 3.05) is 11.4 Å². The number of esters is 1. The van der Waals surface area contributed by atoms with Crippen LogP contribution in [0, 0.1) is 0 Å². The first kappa shape index (κ1) is 16.5. The third-order valence-corrected chi connectivity index (χ3v) is 4.20. The predicted octanol–water partition coefficient (Wildman–Crippen LogP) is 3.58. The fourth-order valence-corrected chi connectivity index (χ4v) is 2.94. The molecule has 1 amide bonds. The Balaban J connectivity index is 1.60. The van der Waals surface area contributed by atoms with E-state index >= 15 is 0 Å². The van der Waals surface area contributed by atoms with Crippen LogP contribution in [0.5, 0.6) is 0 Å². The van der Waals surface area contributed by atoms with Gasteiger partial charge in [-0.15, -0.1) is 0 Å². The number of para-hydroxylation sites is 1. The van der Waals surface area contributed by atoms with E-state index in [-0.39, 0.29) is 5.91 Å². The minimum Gasteiger partial charge on any atom is -0.450 e. The van der Waals surface area contributed by atoms with Gasteiger partial charge in [-0.3, -0.25) is 4.79 Å². The number of nitrogens with zero attached hydrogens (tertiary/aromatic N) is 1. The number of rotatable bonds is 4. The van der Waals surface area contributed by atoms with Crippen LogP contribution in [-0.2, 0) is 20.7 Å². The molecule has 0 unspecified atom stereocenters. The van der Waals surface area contributed by atoms with Gasteiger partial charge >= 0.3 is 5.97 Å². The highest BCUT2D eigenvalue weighted by Gasteiger charge is 2.29. The van der Waals surface area contributed by atoms with Gasteiger partial charge in [-0.2, -0.15) is 0 Å². The zero-order valence-electron chi connectivity index (χ0n) is 13.1. The van der Waals surface area contributed by atoms with Crippen LogP contribution in [0.2, 0.25) is 0 Å². The third-order valence-electron chi connectivity index (χ3n) is 3.77. The van der Waals surface area contributed by atoms with E-state index in [1.807, 2.05) is 24.3 Å². The van der Waals surface area contributed by atoms with Crippen molar-refractivity contribution >= 4 is 39.6 Å². The molecule has 6 heteroatoms. The maximum absolute atomic E-state index is 12.5. The smallest absolute Gasteiger partial charge is 0.331 e. The standard InChI is InChI=1S/C18H16BrNO4/c1-12(23-17(21)9-7-14-6-8-16(19)24-14)18(22)20-11-10-13-4-2-3-5-15(13)20/h2-9,12H,10-11H2,1H3/b9-7+/t12-/m0/s1. The summed E-state index contributed by atoms with van der Waals surface area (Å²) in [5.41, 5.74) is 2.02. The summed E-state index contributed by atoms with van der Waals surface area (Å²) in [5, 5.41) is 0. The first-order valence-electron chi connectivity index (χ1n) is 7.58. The quantitative estimate of drug-likeness (QED) is 0.592. The lowest BCUT2D eigenvalue weighted by Crippen LogP contribution is -2.38. The average Bonchev–Trinajstić information content (AvgIpc) is 3.18. The van der Waals surface area contributed by atoms with Crippen molar-refractivity contribution in [2.24, 2.45) is 0 Å². The minimum atomic E-state index is -0.850. The second-order valence-corrected chi connectivity index (χ2v) is 6.20. The Morgan fingerprint density at radius 3 is 2.83 bits per heavy atom. The second kappa shape index (κ2) is 7.05. The Morgan fingerprint density at radius 2 is 2.08 bits per heavy atom. The highest BCUT2D eigenvalue weighted by Crippen LogP contribution is 2.28. The molecular weight excluding hydrogens is 374 g/mol. The molecule has 0 fully saturated rings. The largest absolute Gasteiger partial charge is 0.450 e. The maximum atomic E-state index is 12.5. The zero-order valence-corrected chi connectivity index (χ0v) is 14.7. The van der Waals surface area contributed by atoms with E-state index in [9.17, 15) is 9.59 Å². The van der Waals surface area contributed by atoms with E-state index in [2.05, 4.69) is 15.9 Å². The number of ether oxygens (including phenoxy) is 1. The Morgan fingerprint density at radius 1 is 1.29 bits per heavy atom. The molecule has 2 aromatic rings. The topological polar surface area (TPSA) is 59.8 Å². The molecule has 1 aromatic heterocycles. The lowest BCUT2D eigenvalue weighted by atomic mass is 10.2. The van der Waals surface area contributed by atoms with Gasteiger partial charge in [-0.05, 0) is 59.1 Å². The van der Waals surface area contributed by atoms with Gasteiger partial charge in [0.15, 0.2) is 10.8 Å². The molecule has 1 aliphatic rings. The van der Waals surface area contributed by atoms with E-state index in [0.717, 1.165) is 17.7 Å². The number of furan rings is 1. The van der Waals surface area contributed by atoms with Crippen LogP contribution in [0.4, 0.5) is 5.69 Å². The first-order valence-corrected chi connectivity index (χ1v) is 8.37. The molecule has 5 nitrogen and oxygen atoms in total. The molecule has 2 heterocycles. The fraction of sp³-hybridized carbons (Fsp3) is 0.222. The number of anilines is 1. The third kappa shape index (κ3) is 3.59. The van der Waals surface area contributed by atoms with Crippen molar-refractivity contribution < 1.29 is 18.7 Å². The molecular formula is C18H16BrNO4. The fourth-order valence-electron chi connectivity index (χ4n) is 2.62. The summed E-state index contributed by atoms with van der Waals surface area (Å²) < 4.78 is 11.0. The minimum absolute atomic E-state index is 0.220. The lowest BCUT2D eigenvalue weighted by molar-refractivity contribution is -0.149. The van der Waals surface area contributed by atoms with Crippen LogP contribution in [0.25, 0.3) is 6.08 Å². The van der Waals surface area contributed by atoms with Gasteiger partial charge in [0, 0.05) is 18.3 Å². The van der Waals surface area contributed by atoms with E-state index in [1.54, 1.807) is 24.0 Å². The van der Waals surface area contributed by atoms with Crippen molar-refractivity contribution in [3.63, 3.8) is 0 Å². The molecule has 1 aliphatic heterocycles. The molecule has 0 aliphatic carbocycles. The summed E-state index contributed by atoms with van der Waals surface area (Å²) in [6.07, 6.45) is 2.70. The maximum Gasteiger partial charge on any atom is 0.331 e. The van der Waals surface area contributed by atoms with Gasteiger partial charge in [0.05, 0.1) is 0 Å². The second-order valence-electron chi connectivity index (χ2n) is 5.42. The number of benzene rings is 1. The molecule has 1 atom stereocenters. The molecule has 3 rings (SSSR count). The van der Waals surface area contributed by atoms with Crippen LogP contribution in [-0.4, -0.2) is 24.5 Å². The summed E-state index contributed by atoms with van der Waals surface area (Å²) >= 11 is 3.18. The first-order chi connectivity index (χ1) is 11.5. The van der Waals surface area contributed by atoms with Crippen LogP contribution in [0.1, 0.15) is 18.2 Å². The molecule has 0 bridgehead atoms. The monoisotopic (exact) mass is 389 g/mol. The highest BCUT2D eigenvalue weighted by molar-refractivity contribution is 9.10. The summed E-state index contributed by atoms with van der Waals surface area (Å²) in [6.45, 7) is 2.19. The van der Waals surface area contributed by atoms with Crippen molar-refractivity contribution in [1.29, 1.82) is 0 Å². The van der Waals surface area contributed by atoms with Gasteiger partial charge in [-0.25, -0.2) is 4.79 Å². The highest BCUT2D eigenvalue weighted by atomic mass is 79.9. The van der Waals surface area contributed by atoms with Crippen LogP contribution < -0.4 is 4.90 Å². The predicted molar refractivity (Wildman–Crippen MR) is 93.5 cm³/mol. The van der Waals surface area contributed by atoms with Gasteiger partial charge in [0.25, 0.3) is 5.91 Å². The molecule has 0 N–H and O–H groups in total. The average molecular weight is 390 g/mol. The lowest BCUT2D eigenvalue weighted by Gasteiger charge is -2.21. The molecule has 0 saturated carbocycles. The normalized spacial score (nSPS) is 14.7. The van der Waals surface area contributed by atoms with Crippen molar-refractivity contribution in [3.8, 4) is 0 Å². The van der Waals surface area contributed by atoms with Crippen molar-refractivity contribution in [2.45, 2.75) is 19.4 Å². The summed E-state index contributed by atoms with van der Waals surface area (Å²) in [5.74, 6) is -0.287. The number of amides is 1. The van der Waals surface area contributed by atoms with Gasteiger partial charge in [0.2, 0.25) is 0 Å². The van der Waals surface area contributed by atoms with Crippen molar-refractivity contribution in [3.05, 3.63) is 58.5 Å². The Bertz CT molecular complexity index is 796. The summed E-state index contributed by atoms with van der Waals surface area (Å²) in [4.78, 5) is 26.1. The zero-order chi connectivity index (χ0) is 17.1. The molecule has 0 spiro atoms. The van der Waals surface area contributed by atoms with Crippen LogP contribution in [0.3, 0.4) is 0 Å². The van der Waals surface area contributed by atoms with Crippen LogP contribution in [0.15, 0.2) is 51.6 Å². The van der Waals surface area contributed by atoms with E-state index < -0.39 is 12.1 Å². The number of carbonyl (C=O) groups is 2. The summed E-state index contributed by atoms with van der Waals surface area (Å²) in [6, 6.07) is 11.2. The SMILES string of the molecule is C[C@H](OC(=O)/C=C/c1ccc(Br)o1)C(=O)N1CCc2ccccc21. The molecule has 0 radical (unpaired) electrons. The Kier molecular flexibility index (Phi) is 4.85. The Hall–Kier alpha value is -2.34. The van der Waals surface area contributed by atoms with Gasteiger partial charge < -0.3 is 14.1 Å². The van der Waals surface area contributed by atoms with E-state index in [4.69, 9.17) is 9.15 Å². The number of carbonyl (C=O) groups excluding carboxylic acids is 2. The molecule has 1 aromatic carbocycles. The number of fused-ring (bicyclic) bond motifs is 1. The molecule has 124 valence electrons. The number of hydrogen-bond acceptors (Lipinski definition) is 4. The van der Waals surface area contributed by atoms with Gasteiger partial charge in [-0.1, -0.05) is 18.2 Å². The van der Waals surface area contributed by atoms with Crippen molar-refractivity contribution in [1.82, 2.24) is 0 Å². The number of hydrogen-bond donors (Lipinski definition) is 0. The van der Waals surface area contributed by atoms with E-state index in [0.29, 0.717) is 17.0 Å². The van der Waals surface area contributed by atoms with E-state index in [1.165, 1.54) is 12.2 Å². The molecule has 0 saturated heterocycles. The Labute approximate surface area is 148 Å². The number of halogens is 1. The molecule has 24 heavy (non-hydrogen) atoms. The van der Waals surface area contributed by atoms with Crippen LogP contribution >= 0.6 is 15.9 Å². The summed E-state index contributed by atoms with van der Waals surface area (Å²) in [7, 11) is 0. The van der Waals surface area contributed by atoms with Gasteiger partial charge in [0.1, 0.15) is 5.76 Å².